The topological polar surface area (TPSA) is 115 Å². The monoisotopic (exact) mass is 644 g/mol. The first-order valence-corrected chi connectivity index (χ1v) is 16.1. The molecule has 3 aromatic carbocycles. The summed E-state index contributed by atoms with van der Waals surface area (Å²) in [6.45, 7) is 2.51. The fraction of sp³-hybridized carbons (Fsp3) is 0.300. The van der Waals surface area contributed by atoms with Crippen molar-refractivity contribution < 1.29 is 26.9 Å². The Bertz CT molecular complexity index is 1750. The van der Waals surface area contributed by atoms with Crippen LogP contribution in [0, 0.1) is 5.82 Å². The van der Waals surface area contributed by atoms with Crippen molar-refractivity contribution in [1.29, 1.82) is 0 Å². The minimum absolute atomic E-state index is 0.00382. The highest BCUT2D eigenvalue weighted by atomic mass is 35.5. The number of nitrogens with one attached hydrogen (secondary N) is 1. The lowest BCUT2D eigenvalue weighted by Crippen LogP contribution is -2.51. The van der Waals surface area contributed by atoms with Crippen molar-refractivity contribution in [3.63, 3.8) is 0 Å². The summed E-state index contributed by atoms with van der Waals surface area (Å²) in [6.07, 6.45) is 1.41. The predicted octanol–water partition coefficient (Wildman–Crippen LogP) is 5.90. The SMILES string of the molecule is CCS(=O)(=O)c1ccc(N(CC(=O)Nc2cc(Cl)c(C3(c4noc(-c5ccc(F)cc5)n4)CC3)c(Cl)c2)C2COC2)cc1. The van der Waals surface area contributed by atoms with Gasteiger partial charge in [-0.1, -0.05) is 35.3 Å². The molecule has 2 fully saturated rings. The smallest absolute Gasteiger partial charge is 0.257 e. The minimum Gasteiger partial charge on any atom is -0.377 e. The molecule has 0 bridgehead atoms. The molecule has 2 heterocycles. The first-order chi connectivity index (χ1) is 20.6. The van der Waals surface area contributed by atoms with Gasteiger partial charge < -0.3 is 19.5 Å². The second-order valence-corrected chi connectivity index (χ2v) is 13.7. The van der Waals surface area contributed by atoms with Gasteiger partial charge in [-0.05, 0) is 73.5 Å². The van der Waals surface area contributed by atoms with Gasteiger partial charge >= 0.3 is 0 Å². The molecule has 0 unspecified atom stereocenters. The van der Waals surface area contributed by atoms with Gasteiger partial charge in [0, 0.05) is 32.5 Å². The molecule has 0 spiro atoms. The van der Waals surface area contributed by atoms with E-state index in [1.54, 1.807) is 55.5 Å². The van der Waals surface area contributed by atoms with Gasteiger partial charge in [-0.3, -0.25) is 4.79 Å². The summed E-state index contributed by atoms with van der Waals surface area (Å²) in [4.78, 5) is 19.8. The number of halogens is 3. The van der Waals surface area contributed by atoms with Gasteiger partial charge in [0.25, 0.3) is 5.89 Å². The van der Waals surface area contributed by atoms with Gasteiger partial charge in [-0.25, -0.2) is 12.8 Å². The summed E-state index contributed by atoms with van der Waals surface area (Å²) in [5, 5.41) is 7.76. The van der Waals surface area contributed by atoms with Crippen LogP contribution in [0.15, 0.2) is 70.1 Å². The third-order valence-electron chi connectivity index (χ3n) is 7.78. The largest absolute Gasteiger partial charge is 0.377 e. The van der Waals surface area contributed by atoms with Crippen molar-refractivity contribution in [2.24, 2.45) is 0 Å². The number of carbonyl (C=O) groups is 1. The van der Waals surface area contributed by atoms with Crippen LogP contribution in [0.5, 0.6) is 0 Å². The van der Waals surface area contributed by atoms with E-state index in [4.69, 9.17) is 32.5 Å². The van der Waals surface area contributed by atoms with Crippen LogP contribution >= 0.6 is 23.2 Å². The molecule has 2 aliphatic rings. The Kier molecular flexibility index (Phi) is 7.93. The summed E-state index contributed by atoms with van der Waals surface area (Å²) in [5.41, 5.74) is 1.75. The molecule has 1 aliphatic carbocycles. The highest BCUT2D eigenvalue weighted by Gasteiger charge is 2.52. The van der Waals surface area contributed by atoms with Gasteiger partial charge in [0.2, 0.25) is 5.91 Å². The Labute approximate surface area is 257 Å². The van der Waals surface area contributed by atoms with Gasteiger partial charge in [0.05, 0.1) is 41.9 Å². The molecule has 1 amide bonds. The van der Waals surface area contributed by atoms with Crippen molar-refractivity contribution in [2.75, 3.05) is 35.7 Å². The maximum Gasteiger partial charge on any atom is 0.257 e. The zero-order valence-corrected chi connectivity index (χ0v) is 25.3. The first kappa shape index (κ1) is 29.6. The van der Waals surface area contributed by atoms with Crippen molar-refractivity contribution in [3.8, 4) is 11.5 Å². The number of amides is 1. The third-order valence-corrected chi connectivity index (χ3v) is 10.1. The van der Waals surface area contributed by atoms with E-state index in [2.05, 4.69) is 15.5 Å². The van der Waals surface area contributed by atoms with Crippen LogP contribution < -0.4 is 10.2 Å². The molecule has 0 atom stereocenters. The van der Waals surface area contributed by atoms with E-state index in [1.165, 1.54) is 12.1 Å². The summed E-state index contributed by atoms with van der Waals surface area (Å²) >= 11 is 13.5. The average Bonchev–Trinajstić information content (AvgIpc) is 3.58. The van der Waals surface area contributed by atoms with Crippen molar-refractivity contribution in [3.05, 3.63) is 87.9 Å². The number of anilines is 2. The van der Waals surface area contributed by atoms with E-state index in [1.807, 2.05) is 4.90 Å². The standard InChI is InChI=1S/C30H27Cl2FN4O5S/c1-2-43(39,40)23-9-7-21(8-10-23)37(22-16-41-17-22)15-26(38)34-20-13-24(31)27(25(32)14-20)30(11-12-30)29-35-28(42-36-29)18-3-5-19(33)6-4-18/h3-10,13-14,22H,2,11-12,15-17H2,1H3,(H,34,38). The summed E-state index contributed by atoms with van der Waals surface area (Å²) in [7, 11) is -3.34. The molecule has 13 heteroatoms. The second-order valence-electron chi connectivity index (χ2n) is 10.6. The van der Waals surface area contributed by atoms with Gasteiger partial charge in [0.15, 0.2) is 15.7 Å². The van der Waals surface area contributed by atoms with E-state index in [0.717, 1.165) is 0 Å². The fourth-order valence-corrected chi connectivity index (χ4v) is 6.87. The molecule has 6 rings (SSSR count). The van der Waals surface area contributed by atoms with E-state index in [0.29, 0.717) is 64.4 Å². The van der Waals surface area contributed by atoms with Gasteiger partial charge in [0.1, 0.15) is 5.82 Å². The number of aromatic nitrogens is 2. The lowest BCUT2D eigenvalue weighted by molar-refractivity contribution is -0.115. The minimum atomic E-state index is -3.34. The maximum atomic E-state index is 13.3. The van der Waals surface area contributed by atoms with E-state index < -0.39 is 15.3 Å². The van der Waals surface area contributed by atoms with E-state index >= 15 is 0 Å². The number of hydrogen-bond donors (Lipinski definition) is 1. The van der Waals surface area contributed by atoms with Gasteiger partial charge in [-0.15, -0.1) is 0 Å². The zero-order valence-electron chi connectivity index (χ0n) is 23.0. The van der Waals surface area contributed by atoms with Crippen LogP contribution in [-0.2, 0) is 24.8 Å². The van der Waals surface area contributed by atoms with Crippen molar-refractivity contribution in [2.45, 2.75) is 36.1 Å². The van der Waals surface area contributed by atoms with Crippen LogP contribution in [0.1, 0.15) is 31.2 Å². The lowest BCUT2D eigenvalue weighted by Gasteiger charge is -2.38. The summed E-state index contributed by atoms with van der Waals surface area (Å²) in [6, 6.07) is 15.5. The Balaban J connectivity index is 1.19. The number of benzene rings is 3. The van der Waals surface area contributed by atoms with Crippen LogP contribution in [0.25, 0.3) is 11.5 Å². The Morgan fingerprint density at radius 1 is 1.07 bits per heavy atom. The van der Waals surface area contributed by atoms with Crippen LogP contribution in [0.3, 0.4) is 0 Å². The van der Waals surface area contributed by atoms with Crippen LogP contribution in [-0.4, -0.2) is 56.0 Å². The fourth-order valence-electron chi connectivity index (χ4n) is 5.14. The Morgan fingerprint density at radius 2 is 1.72 bits per heavy atom. The van der Waals surface area contributed by atoms with Crippen molar-refractivity contribution >= 4 is 50.3 Å². The summed E-state index contributed by atoms with van der Waals surface area (Å²) < 4.78 is 48.6. The third kappa shape index (κ3) is 5.86. The predicted molar refractivity (Wildman–Crippen MR) is 161 cm³/mol. The van der Waals surface area contributed by atoms with Gasteiger partial charge in [-0.2, -0.15) is 4.98 Å². The molecule has 9 nitrogen and oxygen atoms in total. The van der Waals surface area contributed by atoms with E-state index in [9.17, 15) is 17.6 Å². The lowest BCUT2D eigenvalue weighted by atomic mass is 9.94. The first-order valence-electron chi connectivity index (χ1n) is 13.7. The second kappa shape index (κ2) is 11.5. The number of nitrogens with zero attached hydrogens (tertiary/aromatic N) is 3. The normalized spacial score (nSPS) is 16.0. The number of rotatable bonds is 10. The molecule has 0 radical (unpaired) electrons. The highest BCUT2D eigenvalue weighted by Crippen LogP contribution is 2.57. The number of hydrogen-bond acceptors (Lipinski definition) is 8. The average molecular weight is 646 g/mol. The number of carbonyl (C=O) groups excluding carboxylic acids is 1. The maximum absolute atomic E-state index is 13.3. The van der Waals surface area contributed by atoms with Crippen LogP contribution in [0.4, 0.5) is 15.8 Å². The van der Waals surface area contributed by atoms with Crippen molar-refractivity contribution in [1.82, 2.24) is 10.1 Å². The number of ether oxygens (including phenoxy) is 1. The molecular formula is C30H27Cl2FN4O5S. The van der Waals surface area contributed by atoms with Crippen LogP contribution in [0.2, 0.25) is 10.0 Å². The molecule has 1 N–H and O–H groups in total. The molecule has 43 heavy (non-hydrogen) atoms. The zero-order chi connectivity index (χ0) is 30.4. The number of sulfone groups is 1. The van der Waals surface area contributed by atoms with E-state index in [-0.39, 0.29) is 40.9 Å². The summed E-state index contributed by atoms with van der Waals surface area (Å²) in [5.74, 6) is 0.0344. The molecule has 1 saturated heterocycles. The Hall–Kier alpha value is -3.51. The molecule has 1 aromatic heterocycles. The quantitative estimate of drug-likeness (QED) is 0.227. The molecule has 1 saturated carbocycles. The molecule has 1 aliphatic heterocycles. The molecule has 224 valence electrons. The highest BCUT2D eigenvalue weighted by molar-refractivity contribution is 7.91. The Morgan fingerprint density at radius 3 is 2.28 bits per heavy atom. The molecular weight excluding hydrogens is 618 g/mol. The molecule has 4 aromatic rings.